The number of rotatable bonds is 4. The highest BCUT2D eigenvalue weighted by Gasteiger charge is 2.83. The number of hydrogen-bond acceptors (Lipinski definition) is 6. The Bertz CT molecular complexity index is 1060. The number of carbonyl (C=O) groups is 1. The minimum atomic E-state index is 0.0802. The molecule has 27 heavy (non-hydrogen) atoms. The summed E-state index contributed by atoms with van der Waals surface area (Å²) in [5, 5.41) is 1.04. The largest absolute Gasteiger partial charge is 0.479 e. The lowest BCUT2D eigenvalue weighted by Crippen LogP contribution is -2.80. The summed E-state index contributed by atoms with van der Waals surface area (Å²) in [4.78, 5) is 29.2. The quantitative estimate of drug-likeness (QED) is 0.675. The van der Waals surface area contributed by atoms with Gasteiger partial charge in [-0.1, -0.05) is 0 Å². The summed E-state index contributed by atoms with van der Waals surface area (Å²) in [5.41, 5.74) is 7.00. The fraction of sp³-hybridized carbons (Fsp3) is 0.316. The number of fused-ring (bicyclic) bond motifs is 1. The number of likely N-dealkylation sites (tertiary alicyclic amines) is 1. The Morgan fingerprint density at radius 3 is 2.89 bits per heavy atom. The van der Waals surface area contributed by atoms with Crippen LogP contribution < -0.4 is 15.4 Å². The predicted molar refractivity (Wildman–Crippen MR) is 98.5 cm³/mol. The molecule has 0 bridgehead atoms. The molecule has 1 amide bonds. The van der Waals surface area contributed by atoms with Crippen LogP contribution in [0.1, 0.15) is 16.8 Å². The second-order valence-electron chi connectivity index (χ2n) is 7.32. The number of nitrogens with one attached hydrogen (secondary N) is 1. The standard InChI is InChI=1S/C19H18N6O2/c20-9-27-12-3-1-11(2-4-12)18(26)25-14-7-19(14)15(25)8-24(19)17-13-5-6-21-16(13)22-10-23-17/h1-6,10,14-15H,7-9,20H2,(H,21,22,23). The van der Waals surface area contributed by atoms with Crippen molar-refractivity contribution in [3.8, 4) is 5.75 Å². The lowest BCUT2D eigenvalue weighted by Gasteiger charge is -2.62. The monoisotopic (exact) mass is 362 g/mol. The molecule has 2 aliphatic heterocycles. The Labute approximate surface area is 154 Å². The number of ether oxygens (including phenoxy) is 1. The van der Waals surface area contributed by atoms with Crippen LogP contribution >= 0.6 is 0 Å². The molecule has 3 aromatic rings. The highest BCUT2D eigenvalue weighted by atomic mass is 16.5. The third kappa shape index (κ3) is 1.78. The fourth-order valence-electron chi connectivity index (χ4n) is 4.85. The highest BCUT2D eigenvalue weighted by molar-refractivity contribution is 5.98. The number of amides is 1. The Morgan fingerprint density at radius 1 is 1.26 bits per heavy atom. The van der Waals surface area contributed by atoms with E-state index in [-0.39, 0.29) is 30.3 Å². The van der Waals surface area contributed by atoms with E-state index in [0.717, 1.165) is 29.8 Å². The third-order valence-corrected chi connectivity index (χ3v) is 6.22. The van der Waals surface area contributed by atoms with E-state index in [1.165, 1.54) is 0 Å². The summed E-state index contributed by atoms with van der Waals surface area (Å²) in [5.74, 6) is 1.73. The number of carbonyl (C=O) groups excluding carboxylic acids is 1. The summed E-state index contributed by atoms with van der Waals surface area (Å²) < 4.78 is 5.24. The average Bonchev–Trinajstić information content (AvgIpc) is 3.21. The molecule has 1 spiro atoms. The molecule has 8 heteroatoms. The van der Waals surface area contributed by atoms with Crippen molar-refractivity contribution in [2.45, 2.75) is 24.0 Å². The molecule has 2 aromatic heterocycles. The van der Waals surface area contributed by atoms with E-state index < -0.39 is 0 Å². The second kappa shape index (κ2) is 4.98. The van der Waals surface area contributed by atoms with Crippen LogP contribution in [0.4, 0.5) is 5.82 Å². The zero-order valence-electron chi connectivity index (χ0n) is 14.5. The number of aromatic amines is 1. The van der Waals surface area contributed by atoms with Gasteiger partial charge in [0.1, 0.15) is 30.3 Å². The molecule has 4 heterocycles. The molecule has 3 unspecified atom stereocenters. The van der Waals surface area contributed by atoms with Gasteiger partial charge < -0.3 is 19.5 Å². The SMILES string of the molecule is NCOc1ccc(C(=O)N2C3CN(c4ncnc5[nH]ccc45)C34CC24)cc1. The average molecular weight is 362 g/mol. The van der Waals surface area contributed by atoms with E-state index in [1.807, 2.05) is 17.2 Å². The van der Waals surface area contributed by atoms with Crippen LogP contribution in [0.15, 0.2) is 42.9 Å². The molecule has 136 valence electrons. The maximum absolute atomic E-state index is 12.9. The van der Waals surface area contributed by atoms with Gasteiger partial charge in [0.25, 0.3) is 5.91 Å². The van der Waals surface area contributed by atoms with E-state index in [1.54, 1.807) is 30.6 Å². The maximum atomic E-state index is 12.9. The van der Waals surface area contributed by atoms with Gasteiger partial charge in [0, 0.05) is 18.3 Å². The lowest BCUT2D eigenvalue weighted by molar-refractivity contribution is 0.0106. The van der Waals surface area contributed by atoms with Crippen molar-refractivity contribution in [2.24, 2.45) is 5.73 Å². The molecule has 3 fully saturated rings. The van der Waals surface area contributed by atoms with Gasteiger partial charge in [-0.25, -0.2) is 9.97 Å². The number of piperazine rings is 1. The third-order valence-electron chi connectivity index (χ3n) is 6.22. The summed E-state index contributed by atoms with van der Waals surface area (Å²) in [7, 11) is 0. The van der Waals surface area contributed by atoms with Crippen molar-refractivity contribution < 1.29 is 9.53 Å². The van der Waals surface area contributed by atoms with Gasteiger partial charge in [0.2, 0.25) is 0 Å². The number of H-pyrrole nitrogens is 1. The van der Waals surface area contributed by atoms with Crippen molar-refractivity contribution in [3.05, 3.63) is 48.4 Å². The van der Waals surface area contributed by atoms with Crippen molar-refractivity contribution in [2.75, 3.05) is 18.2 Å². The Balaban J connectivity index is 1.23. The Kier molecular flexibility index (Phi) is 2.76. The Morgan fingerprint density at radius 2 is 2.11 bits per heavy atom. The Hall–Kier alpha value is -3.13. The summed E-state index contributed by atoms with van der Waals surface area (Å²) in [6.07, 6.45) is 4.49. The van der Waals surface area contributed by atoms with E-state index in [9.17, 15) is 4.79 Å². The van der Waals surface area contributed by atoms with Crippen LogP contribution in [0.2, 0.25) is 0 Å². The minimum absolute atomic E-state index is 0.0802. The van der Waals surface area contributed by atoms with Crippen molar-refractivity contribution in [1.29, 1.82) is 0 Å². The molecule has 3 atom stereocenters. The van der Waals surface area contributed by atoms with Crippen LogP contribution in [0.5, 0.6) is 5.75 Å². The van der Waals surface area contributed by atoms with Crippen molar-refractivity contribution in [3.63, 3.8) is 0 Å². The van der Waals surface area contributed by atoms with Crippen LogP contribution in [-0.4, -0.2) is 56.7 Å². The van der Waals surface area contributed by atoms with Crippen LogP contribution in [0, 0.1) is 0 Å². The molecule has 3 N–H and O–H groups in total. The molecule has 1 saturated carbocycles. The van der Waals surface area contributed by atoms with Gasteiger partial charge in [-0.05, 0) is 36.8 Å². The van der Waals surface area contributed by atoms with Gasteiger partial charge in [-0.3, -0.25) is 10.5 Å². The van der Waals surface area contributed by atoms with Crippen molar-refractivity contribution >= 4 is 22.8 Å². The number of hydrogen-bond donors (Lipinski definition) is 2. The fourth-order valence-corrected chi connectivity index (χ4v) is 4.85. The molecule has 8 nitrogen and oxygen atoms in total. The second-order valence-corrected chi connectivity index (χ2v) is 7.32. The lowest BCUT2D eigenvalue weighted by atomic mass is 9.83. The maximum Gasteiger partial charge on any atom is 0.254 e. The molecule has 3 aliphatic rings. The summed E-state index contributed by atoms with van der Waals surface area (Å²) >= 11 is 0. The van der Waals surface area contributed by atoms with Crippen LogP contribution in [0.3, 0.4) is 0 Å². The van der Waals surface area contributed by atoms with Gasteiger partial charge in [0.15, 0.2) is 0 Å². The van der Waals surface area contributed by atoms with E-state index in [4.69, 9.17) is 10.5 Å². The molecule has 6 rings (SSSR count). The number of anilines is 1. The van der Waals surface area contributed by atoms with Gasteiger partial charge >= 0.3 is 0 Å². The number of nitrogens with two attached hydrogens (primary N) is 1. The minimum Gasteiger partial charge on any atom is -0.479 e. The summed E-state index contributed by atoms with van der Waals surface area (Å²) in [6, 6.07) is 9.73. The van der Waals surface area contributed by atoms with Crippen LogP contribution in [-0.2, 0) is 0 Å². The highest BCUT2D eigenvalue weighted by Crippen LogP contribution is 2.66. The van der Waals surface area contributed by atoms with Gasteiger partial charge in [0.05, 0.1) is 23.0 Å². The molecule has 2 saturated heterocycles. The zero-order chi connectivity index (χ0) is 18.2. The van der Waals surface area contributed by atoms with E-state index in [2.05, 4.69) is 19.9 Å². The first-order valence-corrected chi connectivity index (χ1v) is 9.05. The normalized spacial score (nSPS) is 27.4. The first kappa shape index (κ1) is 15.0. The zero-order valence-corrected chi connectivity index (χ0v) is 14.5. The first-order valence-electron chi connectivity index (χ1n) is 9.05. The molecule has 1 aromatic carbocycles. The van der Waals surface area contributed by atoms with Gasteiger partial charge in [-0.2, -0.15) is 0 Å². The first-order chi connectivity index (χ1) is 13.2. The summed E-state index contributed by atoms with van der Waals surface area (Å²) in [6.45, 7) is 0.938. The topological polar surface area (TPSA) is 100 Å². The predicted octanol–water partition coefficient (Wildman–Crippen LogP) is 1.11. The van der Waals surface area contributed by atoms with Crippen LogP contribution in [0.25, 0.3) is 11.0 Å². The van der Waals surface area contributed by atoms with Crippen molar-refractivity contribution in [1.82, 2.24) is 19.9 Å². The molecular weight excluding hydrogens is 344 g/mol. The smallest absolute Gasteiger partial charge is 0.254 e. The molecule has 1 aliphatic carbocycles. The van der Waals surface area contributed by atoms with Gasteiger partial charge in [-0.15, -0.1) is 0 Å². The number of benzene rings is 1. The number of aromatic nitrogens is 3. The molecular formula is C19H18N6O2. The van der Waals surface area contributed by atoms with E-state index >= 15 is 0 Å². The molecule has 0 radical (unpaired) electrons. The number of nitrogens with zero attached hydrogens (tertiary/aromatic N) is 4. The van der Waals surface area contributed by atoms with E-state index in [0.29, 0.717) is 11.3 Å².